The maximum Gasteiger partial charge on any atom is 0.161 e. The summed E-state index contributed by atoms with van der Waals surface area (Å²) < 4.78 is 25.9. The first-order valence-corrected chi connectivity index (χ1v) is 5.13. The minimum Gasteiger partial charge on any atom is -0.333 e. The molecule has 0 unspecified atom stereocenters. The zero-order valence-electron chi connectivity index (χ0n) is 7.26. The summed E-state index contributed by atoms with van der Waals surface area (Å²) >= 11 is 1.50. The smallest absolute Gasteiger partial charge is 0.161 e. The molecule has 1 N–H and O–H groups in total. The van der Waals surface area contributed by atoms with E-state index in [-0.39, 0.29) is 5.69 Å². The Bertz CT molecular complexity index is 379. The molecule has 1 aliphatic rings. The Balaban J connectivity index is 2.19. The first-order chi connectivity index (χ1) is 6.75. The van der Waals surface area contributed by atoms with Gasteiger partial charge in [0, 0.05) is 11.8 Å². The third kappa shape index (κ3) is 2.04. The van der Waals surface area contributed by atoms with Crippen molar-refractivity contribution in [2.24, 2.45) is 4.99 Å². The Morgan fingerprint density at radius 2 is 2.21 bits per heavy atom. The van der Waals surface area contributed by atoms with Crippen LogP contribution >= 0.6 is 11.8 Å². The van der Waals surface area contributed by atoms with E-state index in [2.05, 4.69) is 10.3 Å². The van der Waals surface area contributed by atoms with E-state index in [0.717, 1.165) is 30.5 Å². The highest BCUT2D eigenvalue weighted by molar-refractivity contribution is 8.14. The maximum absolute atomic E-state index is 13.1. The van der Waals surface area contributed by atoms with Crippen molar-refractivity contribution in [1.82, 2.24) is 0 Å². The summed E-state index contributed by atoms with van der Waals surface area (Å²) in [4.78, 5) is 4.08. The molecule has 0 atom stereocenters. The van der Waals surface area contributed by atoms with E-state index in [4.69, 9.17) is 0 Å². The standard InChI is InChI=1S/C9H8F2N2S/c10-6-1-2-7(11)8(5-6)13-9-12-3-4-14-9/h1-2,5H,3-4H2,(H,12,13). The molecule has 0 saturated carbocycles. The molecule has 5 heteroatoms. The zero-order valence-corrected chi connectivity index (χ0v) is 8.07. The first-order valence-electron chi connectivity index (χ1n) is 4.15. The van der Waals surface area contributed by atoms with Crippen LogP contribution in [0.15, 0.2) is 23.2 Å². The van der Waals surface area contributed by atoms with Gasteiger partial charge in [0.15, 0.2) is 5.17 Å². The van der Waals surface area contributed by atoms with Crippen molar-refractivity contribution in [3.05, 3.63) is 29.8 Å². The summed E-state index contributed by atoms with van der Waals surface area (Å²) in [5, 5.41) is 3.40. The van der Waals surface area contributed by atoms with Crippen molar-refractivity contribution in [2.45, 2.75) is 0 Å². The second kappa shape index (κ2) is 3.96. The van der Waals surface area contributed by atoms with Crippen molar-refractivity contribution in [3.63, 3.8) is 0 Å². The molecule has 0 fully saturated rings. The SMILES string of the molecule is Fc1ccc(F)c(NC2=NCCS2)c1. The van der Waals surface area contributed by atoms with Crippen molar-refractivity contribution < 1.29 is 8.78 Å². The number of anilines is 1. The number of nitrogens with one attached hydrogen (secondary N) is 1. The molecule has 0 aliphatic carbocycles. The molecule has 1 aromatic carbocycles. The number of thioether (sulfide) groups is 1. The van der Waals surface area contributed by atoms with Crippen LogP contribution in [0.1, 0.15) is 0 Å². The highest BCUT2D eigenvalue weighted by Gasteiger charge is 2.10. The Morgan fingerprint density at radius 3 is 2.93 bits per heavy atom. The summed E-state index contributed by atoms with van der Waals surface area (Å²) in [6.45, 7) is 0.726. The number of halogens is 2. The van der Waals surface area contributed by atoms with E-state index >= 15 is 0 Å². The number of amidine groups is 1. The number of aliphatic imine (C=N–C) groups is 1. The molecule has 1 heterocycles. The Labute approximate surface area is 84.4 Å². The Kier molecular flexibility index (Phi) is 2.67. The number of nitrogens with zero attached hydrogens (tertiary/aromatic N) is 1. The lowest BCUT2D eigenvalue weighted by Crippen LogP contribution is -2.06. The predicted molar refractivity (Wildman–Crippen MR) is 54.7 cm³/mol. The lowest BCUT2D eigenvalue weighted by atomic mass is 10.3. The minimum absolute atomic E-state index is 0.137. The first kappa shape index (κ1) is 9.45. The number of hydrogen-bond donors (Lipinski definition) is 1. The van der Waals surface area contributed by atoms with Crippen LogP contribution < -0.4 is 5.32 Å². The molecule has 74 valence electrons. The third-order valence-electron chi connectivity index (χ3n) is 1.76. The fourth-order valence-electron chi connectivity index (χ4n) is 1.12. The molecule has 0 bridgehead atoms. The van der Waals surface area contributed by atoms with Gasteiger partial charge in [-0.25, -0.2) is 8.78 Å². The van der Waals surface area contributed by atoms with E-state index in [1.54, 1.807) is 0 Å². The molecular weight excluding hydrogens is 206 g/mol. The highest BCUT2D eigenvalue weighted by Crippen LogP contribution is 2.19. The molecule has 1 aliphatic heterocycles. The average molecular weight is 214 g/mol. The van der Waals surface area contributed by atoms with Crippen molar-refractivity contribution in [1.29, 1.82) is 0 Å². The van der Waals surface area contributed by atoms with Crippen LogP contribution in [0.25, 0.3) is 0 Å². The molecule has 14 heavy (non-hydrogen) atoms. The van der Waals surface area contributed by atoms with Crippen LogP contribution in [0, 0.1) is 11.6 Å². The molecule has 0 amide bonds. The van der Waals surface area contributed by atoms with Crippen molar-refractivity contribution in [3.8, 4) is 0 Å². The van der Waals surface area contributed by atoms with Gasteiger partial charge in [-0.2, -0.15) is 0 Å². The van der Waals surface area contributed by atoms with Gasteiger partial charge in [-0.05, 0) is 12.1 Å². The Hall–Kier alpha value is -1.10. The summed E-state index contributed by atoms with van der Waals surface area (Å²) in [5.41, 5.74) is 0.137. The van der Waals surface area contributed by atoms with E-state index in [1.165, 1.54) is 11.8 Å². The van der Waals surface area contributed by atoms with Crippen LogP contribution in [-0.4, -0.2) is 17.5 Å². The molecule has 0 aromatic heterocycles. The molecule has 0 radical (unpaired) electrons. The minimum atomic E-state index is -0.471. The quantitative estimate of drug-likeness (QED) is 0.776. The van der Waals surface area contributed by atoms with Gasteiger partial charge in [-0.15, -0.1) is 0 Å². The molecule has 2 rings (SSSR count). The van der Waals surface area contributed by atoms with Gasteiger partial charge in [0.25, 0.3) is 0 Å². The van der Waals surface area contributed by atoms with E-state index < -0.39 is 11.6 Å². The lowest BCUT2D eigenvalue weighted by Gasteiger charge is -2.05. The topological polar surface area (TPSA) is 24.4 Å². The molecule has 0 spiro atoms. The van der Waals surface area contributed by atoms with E-state index in [1.807, 2.05) is 0 Å². The van der Waals surface area contributed by atoms with E-state index in [9.17, 15) is 8.78 Å². The highest BCUT2D eigenvalue weighted by atomic mass is 32.2. The third-order valence-corrected chi connectivity index (χ3v) is 2.65. The van der Waals surface area contributed by atoms with Crippen LogP contribution in [0.4, 0.5) is 14.5 Å². The van der Waals surface area contributed by atoms with Gasteiger partial charge in [0.05, 0.1) is 12.2 Å². The lowest BCUT2D eigenvalue weighted by molar-refractivity contribution is 0.604. The van der Waals surface area contributed by atoms with Gasteiger partial charge in [-0.3, -0.25) is 4.99 Å². The zero-order chi connectivity index (χ0) is 9.97. The summed E-state index contributed by atoms with van der Waals surface area (Å²) in [5.74, 6) is -0.0432. The molecule has 1 aromatic rings. The monoisotopic (exact) mass is 214 g/mol. The second-order valence-corrected chi connectivity index (χ2v) is 3.87. The maximum atomic E-state index is 13.1. The van der Waals surface area contributed by atoms with Crippen molar-refractivity contribution in [2.75, 3.05) is 17.6 Å². The molecule has 0 saturated heterocycles. The molecule has 2 nitrogen and oxygen atoms in total. The summed E-state index contributed by atoms with van der Waals surface area (Å²) in [6.07, 6.45) is 0. The predicted octanol–water partition coefficient (Wildman–Crippen LogP) is 2.48. The van der Waals surface area contributed by atoms with Gasteiger partial charge in [0.2, 0.25) is 0 Å². The second-order valence-electron chi connectivity index (χ2n) is 2.78. The van der Waals surface area contributed by atoms with Crippen LogP contribution in [-0.2, 0) is 0 Å². The molecular formula is C9H8F2N2S. The van der Waals surface area contributed by atoms with E-state index in [0.29, 0.717) is 5.17 Å². The Morgan fingerprint density at radius 1 is 1.36 bits per heavy atom. The van der Waals surface area contributed by atoms with Crippen LogP contribution in [0.3, 0.4) is 0 Å². The number of benzene rings is 1. The van der Waals surface area contributed by atoms with Crippen LogP contribution in [0.5, 0.6) is 0 Å². The number of rotatable bonds is 1. The van der Waals surface area contributed by atoms with Crippen LogP contribution in [0.2, 0.25) is 0 Å². The van der Waals surface area contributed by atoms with Gasteiger partial charge < -0.3 is 5.32 Å². The summed E-state index contributed by atoms with van der Waals surface area (Å²) in [7, 11) is 0. The average Bonchev–Trinajstić information content (AvgIpc) is 2.64. The fourth-order valence-corrected chi connectivity index (χ4v) is 1.86. The van der Waals surface area contributed by atoms with Gasteiger partial charge >= 0.3 is 0 Å². The van der Waals surface area contributed by atoms with Gasteiger partial charge in [0.1, 0.15) is 11.6 Å². The largest absolute Gasteiger partial charge is 0.333 e. The number of hydrogen-bond acceptors (Lipinski definition) is 3. The van der Waals surface area contributed by atoms with Gasteiger partial charge in [-0.1, -0.05) is 11.8 Å². The normalized spacial score (nSPS) is 15.4. The van der Waals surface area contributed by atoms with Crippen molar-refractivity contribution >= 4 is 22.6 Å². The summed E-state index contributed by atoms with van der Waals surface area (Å²) in [6, 6.07) is 3.30. The fraction of sp³-hybridized carbons (Fsp3) is 0.222.